The molecule has 1 aliphatic carbocycles. The van der Waals surface area contributed by atoms with Gasteiger partial charge in [0.05, 0.1) is 6.10 Å². The molecule has 5 nitrogen and oxygen atoms in total. The lowest BCUT2D eigenvalue weighted by molar-refractivity contribution is -0.0951. The van der Waals surface area contributed by atoms with Gasteiger partial charge in [0.2, 0.25) is 0 Å². The lowest BCUT2D eigenvalue weighted by Gasteiger charge is -2.35. The fraction of sp³-hybridized carbons (Fsp3) is 0.900. The number of hydrogen-bond acceptors (Lipinski definition) is 4. The summed E-state index contributed by atoms with van der Waals surface area (Å²) in [4.78, 5) is 13.1. The number of ether oxygens (including phenoxy) is 1. The molecule has 3 unspecified atom stereocenters. The van der Waals surface area contributed by atoms with Crippen molar-refractivity contribution in [2.75, 3.05) is 13.1 Å². The van der Waals surface area contributed by atoms with Crippen molar-refractivity contribution in [3.05, 3.63) is 0 Å². The molecule has 2 aliphatic rings. The summed E-state index contributed by atoms with van der Waals surface area (Å²) in [6, 6.07) is 0. The summed E-state index contributed by atoms with van der Waals surface area (Å²) in [6.45, 7) is 1.48. The summed E-state index contributed by atoms with van der Waals surface area (Å²) < 4.78 is 5.15. The van der Waals surface area contributed by atoms with E-state index in [1.165, 1.54) is 0 Å². The Morgan fingerprint density at radius 2 is 1.93 bits per heavy atom. The van der Waals surface area contributed by atoms with Crippen LogP contribution in [0, 0.1) is 0 Å². The Labute approximate surface area is 88.6 Å². The molecule has 3 atom stereocenters. The van der Waals surface area contributed by atoms with Crippen LogP contribution >= 0.6 is 0 Å². The van der Waals surface area contributed by atoms with Gasteiger partial charge in [0.1, 0.15) is 12.2 Å². The average Bonchev–Trinajstić information content (AvgIpc) is 2.10. The van der Waals surface area contributed by atoms with Crippen molar-refractivity contribution in [1.29, 1.82) is 0 Å². The molecule has 2 N–H and O–H groups in total. The quantitative estimate of drug-likeness (QED) is 0.651. The third kappa shape index (κ3) is 2.23. The number of amides is 1. The highest BCUT2D eigenvalue weighted by Crippen LogP contribution is 2.23. The van der Waals surface area contributed by atoms with Crippen LogP contribution < -0.4 is 0 Å². The second-order valence-corrected chi connectivity index (χ2v) is 4.25. The van der Waals surface area contributed by atoms with E-state index in [0.29, 0.717) is 12.8 Å². The van der Waals surface area contributed by atoms with E-state index in [0.717, 1.165) is 25.9 Å². The lowest BCUT2D eigenvalue weighted by atomic mass is 9.92. The second kappa shape index (κ2) is 4.37. The van der Waals surface area contributed by atoms with E-state index in [9.17, 15) is 15.0 Å². The van der Waals surface area contributed by atoms with Gasteiger partial charge in [-0.05, 0) is 25.7 Å². The first kappa shape index (κ1) is 10.7. The van der Waals surface area contributed by atoms with Gasteiger partial charge < -0.3 is 19.8 Å². The maximum atomic E-state index is 11.5. The Bertz CT molecular complexity index is 242. The zero-order valence-corrected chi connectivity index (χ0v) is 8.63. The molecule has 15 heavy (non-hydrogen) atoms. The molecule has 2 rings (SSSR count). The zero-order valence-electron chi connectivity index (χ0n) is 8.63. The third-order valence-electron chi connectivity index (χ3n) is 3.13. The topological polar surface area (TPSA) is 70.0 Å². The normalized spacial score (nSPS) is 35.9. The number of likely N-dealkylation sites (tertiary alicyclic amines) is 1. The summed E-state index contributed by atoms with van der Waals surface area (Å²) in [5, 5.41) is 19.0. The predicted molar refractivity (Wildman–Crippen MR) is 52.3 cm³/mol. The maximum Gasteiger partial charge on any atom is 0.410 e. The molecule has 86 valence electrons. The van der Waals surface area contributed by atoms with Crippen LogP contribution in [0.2, 0.25) is 0 Å². The van der Waals surface area contributed by atoms with Gasteiger partial charge in [-0.2, -0.15) is 0 Å². The molecule has 0 aromatic carbocycles. The van der Waals surface area contributed by atoms with Crippen molar-refractivity contribution < 1.29 is 19.7 Å². The van der Waals surface area contributed by atoms with Crippen LogP contribution in [0.1, 0.15) is 25.7 Å². The molecule has 2 fully saturated rings. The van der Waals surface area contributed by atoms with Crippen molar-refractivity contribution in [2.45, 2.75) is 44.0 Å². The van der Waals surface area contributed by atoms with E-state index in [1.807, 2.05) is 0 Å². The van der Waals surface area contributed by atoms with Crippen LogP contribution in [-0.2, 0) is 4.74 Å². The van der Waals surface area contributed by atoms with Gasteiger partial charge in [-0.3, -0.25) is 0 Å². The summed E-state index contributed by atoms with van der Waals surface area (Å²) in [5.41, 5.74) is 0. The molecule has 1 amide bonds. The number of hydrogen-bond donors (Lipinski definition) is 2. The van der Waals surface area contributed by atoms with Gasteiger partial charge in [-0.1, -0.05) is 0 Å². The Balaban J connectivity index is 1.84. The Kier molecular flexibility index (Phi) is 3.11. The highest BCUT2D eigenvalue weighted by molar-refractivity contribution is 5.68. The van der Waals surface area contributed by atoms with E-state index >= 15 is 0 Å². The highest BCUT2D eigenvalue weighted by Gasteiger charge is 2.34. The first-order valence-corrected chi connectivity index (χ1v) is 5.50. The number of nitrogens with zero attached hydrogens (tertiary/aromatic N) is 1. The first-order valence-electron chi connectivity index (χ1n) is 5.50. The molecule has 0 bridgehead atoms. The number of carbonyl (C=O) groups excluding carboxylic acids is 1. The standard InChI is InChI=1S/C10H17NO4/c12-7-3-1-4-8(9(7)13)15-10(14)11-5-2-6-11/h7-9,12-13H,1-6H2. The van der Waals surface area contributed by atoms with Crippen LogP contribution in [0.5, 0.6) is 0 Å². The molecule has 5 heteroatoms. The molecule has 1 heterocycles. The summed E-state index contributed by atoms with van der Waals surface area (Å²) in [6.07, 6.45) is 0.441. The van der Waals surface area contributed by atoms with Crippen LogP contribution in [0.3, 0.4) is 0 Å². The Morgan fingerprint density at radius 1 is 1.20 bits per heavy atom. The van der Waals surface area contributed by atoms with E-state index in [2.05, 4.69) is 0 Å². The molecular formula is C10H17NO4. The molecule has 0 radical (unpaired) electrons. The first-order chi connectivity index (χ1) is 7.18. The van der Waals surface area contributed by atoms with Crippen molar-refractivity contribution in [1.82, 2.24) is 4.90 Å². The van der Waals surface area contributed by atoms with E-state index in [1.54, 1.807) is 4.90 Å². The van der Waals surface area contributed by atoms with E-state index in [4.69, 9.17) is 4.74 Å². The molecule has 1 saturated carbocycles. The SMILES string of the molecule is O=C(OC1CCCC(O)C1O)N1CCC1. The molecule has 0 spiro atoms. The largest absolute Gasteiger partial charge is 0.443 e. The van der Waals surface area contributed by atoms with Crippen molar-refractivity contribution >= 4 is 6.09 Å². The number of carbonyl (C=O) groups is 1. The molecule has 0 aromatic rings. The van der Waals surface area contributed by atoms with Gasteiger partial charge in [0.15, 0.2) is 0 Å². The second-order valence-electron chi connectivity index (χ2n) is 4.25. The smallest absolute Gasteiger partial charge is 0.410 e. The van der Waals surface area contributed by atoms with Gasteiger partial charge in [-0.25, -0.2) is 4.79 Å². The Morgan fingerprint density at radius 3 is 2.53 bits per heavy atom. The van der Waals surface area contributed by atoms with Crippen LogP contribution in [0.25, 0.3) is 0 Å². The van der Waals surface area contributed by atoms with Gasteiger partial charge in [0, 0.05) is 13.1 Å². The van der Waals surface area contributed by atoms with Gasteiger partial charge in [0.25, 0.3) is 0 Å². The highest BCUT2D eigenvalue weighted by atomic mass is 16.6. The fourth-order valence-corrected chi connectivity index (χ4v) is 1.95. The monoisotopic (exact) mass is 215 g/mol. The van der Waals surface area contributed by atoms with Crippen molar-refractivity contribution in [3.63, 3.8) is 0 Å². The zero-order chi connectivity index (χ0) is 10.8. The van der Waals surface area contributed by atoms with Gasteiger partial charge >= 0.3 is 6.09 Å². The fourth-order valence-electron chi connectivity index (χ4n) is 1.95. The van der Waals surface area contributed by atoms with E-state index < -0.39 is 18.3 Å². The predicted octanol–water partition coefficient (Wildman–Crippen LogP) is 0.103. The number of aliphatic hydroxyl groups is 2. The van der Waals surface area contributed by atoms with Crippen LogP contribution in [-0.4, -0.2) is 52.6 Å². The molecular weight excluding hydrogens is 198 g/mol. The molecule has 1 aliphatic heterocycles. The van der Waals surface area contributed by atoms with Crippen LogP contribution in [0.15, 0.2) is 0 Å². The van der Waals surface area contributed by atoms with Crippen molar-refractivity contribution in [2.24, 2.45) is 0 Å². The van der Waals surface area contributed by atoms with E-state index in [-0.39, 0.29) is 6.09 Å². The van der Waals surface area contributed by atoms with Gasteiger partial charge in [-0.15, -0.1) is 0 Å². The number of rotatable bonds is 1. The minimum Gasteiger partial charge on any atom is -0.443 e. The summed E-state index contributed by atoms with van der Waals surface area (Å²) in [7, 11) is 0. The minimum absolute atomic E-state index is 0.362. The van der Waals surface area contributed by atoms with Crippen LogP contribution in [0.4, 0.5) is 4.79 Å². The molecule has 0 aromatic heterocycles. The lowest BCUT2D eigenvalue weighted by Crippen LogP contribution is -2.48. The average molecular weight is 215 g/mol. The number of aliphatic hydroxyl groups excluding tert-OH is 2. The maximum absolute atomic E-state index is 11.5. The third-order valence-corrected chi connectivity index (χ3v) is 3.13. The Hall–Kier alpha value is -0.810. The summed E-state index contributed by atoms with van der Waals surface area (Å²) >= 11 is 0. The van der Waals surface area contributed by atoms with Crippen molar-refractivity contribution in [3.8, 4) is 0 Å². The summed E-state index contributed by atoms with van der Waals surface area (Å²) in [5.74, 6) is 0. The minimum atomic E-state index is -0.927. The molecule has 1 saturated heterocycles.